The molecule has 1 aliphatic rings. The quantitative estimate of drug-likeness (QED) is 0.782. The number of likely N-dealkylation sites (tertiary alicyclic amines) is 1. The van der Waals surface area contributed by atoms with E-state index in [0.29, 0.717) is 22.6 Å². The molecule has 6 heteroatoms. The second-order valence-electron chi connectivity index (χ2n) is 6.93. The van der Waals surface area contributed by atoms with Crippen LogP contribution in [0.3, 0.4) is 0 Å². The number of nitriles is 1. The first kappa shape index (κ1) is 18.7. The van der Waals surface area contributed by atoms with E-state index >= 15 is 0 Å². The number of nitrogens with zero attached hydrogens (tertiary/aromatic N) is 2. The van der Waals surface area contributed by atoms with E-state index in [0.717, 1.165) is 0 Å². The third-order valence-corrected chi connectivity index (χ3v) is 3.99. The molecule has 6 nitrogen and oxygen atoms in total. The largest absolute Gasteiger partial charge is 0.497 e. The van der Waals surface area contributed by atoms with E-state index in [2.05, 4.69) is 12.6 Å². The number of ether oxygens (including phenoxy) is 3. The van der Waals surface area contributed by atoms with Crippen molar-refractivity contribution in [1.29, 1.82) is 5.26 Å². The zero-order valence-corrected chi connectivity index (χ0v) is 15.3. The van der Waals surface area contributed by atoms with E-state index in [4.69, 9.17) is 14.2 Å². The normalized spacial score (nSPS) is 20.2. The van der Waals surface area contributed by atoms with Gasteiger partial charge in [0.25, 0.3) is 0 Å². The highest BCUT2D eigenvalue weighted by atomic mass is 16.6. The molecule has 1 aromatic rings. The zero-order valence-electron chi connectivity index (χ0n) is 15.3. The van der Waals surface area contributed by atoms with Crippen LogP contribution in [0.25, 0.3) is 0 Å². The molecule has 25 heavy (non-hydrogen) atoms. The van der Waals surface area contributed by atoms with E-state index in [-0.39, 0.29) is 6.54 Å². The molecular formula is C19H24N2O4. The highest BCUT2D eigenvalue weighted by Gasteiger charge is 2.43. The minimum absolute atomic E-state index is 0.262. The summed E-state index contributed by atoms with van der Waals surface area (Å²) in [5.74, 6) is 0.650. The van der Waals surface area contributed by atoms with Crippen LogP contribution in [0.5, 0.6) is 11.5 Å². The van der Waals surface area contributed by atoms with E-state index in [1.54, 1.807) is 53.2 Å². The van der Waals surface area contributed by atoms with Crippen molar-refractivity contribution in [1.82, 2.24) is 4.90 Å². The molecule has 0 bridgehead atoms. The first-order chi connectivity index (χ1) is 11.7. The van der Waals surface area contributed by atoms with E-state index in [1.165, 1.54) is 4.90 Å². The Balaban J connectivity index is 2.51. The Morgan fingerprint density at radius 3 is 2.52 bits per heavy atom. The smallest absolute Gasteiger partial charge is 0.411 e. The van der Waals surface area contributed by atoms with Crippen LogP contribution in [0, 0.1) is 17.2 Å². The topological polar surface area (TPSA) is 71.8 Å². The maximum absolute atomic E-state index is 12.7. The molecule has 1 heterocycles. The molecule has 0 aromatic heterocycles. The molecule has 1 aliphatic heterocycles. The van der Waals surface area contributed by atoms with Gasteiger partial charge >= 0.3 is 6.09 Å². The SMILES string of the molecule is C=C1CN(C(=O)OC(C)(C)C)[C@H](c2cc(OC)ccc2OC)[C@@H]1C#N. The lowest BCUT2D eigenvalue weighted by atomic mass is 9.92. The fraction of sp³-hybridized carbons (Fsp3) is 0.474. The number of methoxy groups -OCH3 is 2. The Labute approximate surface area is 148 Å². The van der Waals surface area contributed by atoms with Crippen LogP contribution in [-0.4, -0.2) is 37.4 Å². The predicted molar refractivity (Wildman–Crippen MR) is 93.5 cm³/mol. The lowest BCUT2D eigenvalue weighted by molar-refractivity contribution is 0.0214. The van der Waals surface area contributed by atoms with E-state index < -0.39 is 23.7 Å². The van der Waals surface area contributed by atoms with Crippen LogP contribution in [0.2, 0.25) is 0 Å². The average Bonchev–Trinajstić information content (AvgIpc) is 2.89. The fourth-order valence-corrected chi connectivity index (χ4v) is 2.90. The maximum atomic E-state index is 12.7. The van der Waals surface area contributed by atoms with Crippen LogP contribution >= 0.6 is 0 Å². The molecule has 0 unspecified atom stereocenters. The van der Waals surface area contributed by atoms with Gasteiger partial charge in [-0.25, -0.2) is 4.79 Å². The average molecular weight is 344 g/mol. The Bertz CT molecular complexity index is 715. The first-order valence-corrected chi connectivity index (χ1v) is 8.00. The molecule has 2 rings (SSSR count). The van der Waals surface area contributed by atoms with Crippen molar-refractivity contribution >= 4 is 6.09 Å². The van der Waals surface area contributed by atoms with Crippen LogP contribution < -0.4 is 9.47 Å². The molecule has 1 fully saturated rings. The lowest BCUT2D eigenvalue weighted by Crippen LogP contribution is -2.37. The summed E-state index contributed by atoms with van der Waals surface area (Å²) < 4.78 is 16.2. The number of benzene rings is 1. The summed E-state index contributed by atoms with van der Waals surface area (Å²) in [6.07, 6.45) is -0.485. The highest BCUT2D eigenvalue weighted by Crippen LogP contribution is 2.44. The van der Waals surface area contributed by atoms with Crippen LogP contribution in [0.15, 0.2) is 30.4 Å². The number of carbonyl (C=O) groups is 1. The molecule has 134 valence electrons. The molecular weight excluding hydrogens is 320 g/mol. The second kappa shape index (κ2) is 7.06. The van der Waals surface area contributed by atoms with Crippen molar-refractivity contribution in [2.24, 2.45) is 5.92 Å². The summed E-state index contributed by atoms with van der Waals surface area (Å²) in [6.45, 7) is 9.64. The van der Waals surface area contributed by atoms with Gasteiger partial charge in [-0.3, -0.25) is 4.90 Å². The van der Waals surface area contributed by atoms with Gasteiger partial charge in [-0.05, 0) is 44.5 Å². The third-order valence-electron chi connectivity index (χ3n) is 3.99. The van der Waals surface area contributed by atoms with Crippen molar-refractivity contribution in [3.8, 4) is 17.6 Å². The molecule has 1 amide bonds. The standard InChI is InChI=1S/C19H24N2O4/c1-12-11-21(18(22)25-19(2,3)4)17(15(12)10-20)14-9-13(23-5)7-8-16(14)24-6/h7-9,15,17H,1,11H2,2-6H3/t15-,17-/m1/s1. The monoisotopic (exact) mass is 344 g/mol. The Hall–Kier alpha value is -2.68. The van der Waals surface area contributed by atoms with Crippen molar-refractivity contribution in [3.05, 3.63) is 35.9 Å². The van der Waals surface area contributed by atoms with Gasteiger partial charge in [-0.15, -0.1) is 0 Å². The summed E-state index contributed by atoms with van der Waals surface area (Å²) in [6, 6.07) is 7.02. The van der Waals surface area contributed by atoms with Crippen molar-refractivity contribution in [3.63, 3.8) is 0 Å². The van der Waals surface area contributed by atoms with Crippen molar-refractivity contribution in [2.75, 3.05) is 20.8 Å². The van der Waals surface area contributed by atoms with E-state index in [1.807, 2.05) is 0 Å². The second-order valence-corrected chi connectivity index (χ2v) is 6.93. The van der Waals surface area contributed by atoms with Crippen molar-refractivity contribution < 1.29 is 19.0 Å². The molecule has 0 spiro atoms. The number of hydrogen-bond acceptors (Lipinski definition) is 5. The molecule has 0 N–H and O–H groups in total. The summed E-state index contributed by atoms with van der Waals surface area (Å²) in [5, 5.41) is 9.63. The minimum atomic E-state index is -0.633. The van der Waals surface area contributed by atoms with Gasteiger partial charge in [-0.1, -0.05) is 6.58 Å². The number of hydrogen-bond donors (Lipinski definition) is 0. The summed E-state index contributed by atoms with van der Waals surface area (Å²) >= 11 is 0. The van der Waals surface area contributed by atoms with E-state index in [9.17, 15) is 10.1 Å². The number of amides is 1. The molecule has 0 saturated carbocycles. The lowest BCUT2D eigenvalue weighted by Gasteiger charge is -2.30. The Kier molecular flexibility index (Phi) is 5.27. The van der Waals surface area contributed by atoms with Crippen LogP contribution in [0.4, 0.5) is 4.79 Å². The molecule has 1 saturated heterocycles. The first-order valence-electron chi connectivity index (χ1n) is 8.00. The van der Waals surface area contributed by atoms with Gasteiger partial charge in [0, 0.05) is 12.1 Å². The number of rotatable bonds is 3. The minimum Gasteiger partial charge on any atom is -0.497 e. The Morgan fingerprint density at radius 1 is 1.32 bits per heavy atom. The van der Waals surface area contributed by atoms with Crippen molar-refractivity contribution in [2.45, 2.75) is 32.4 Å². The summed E-state index contributed by atoms with van der Waals surface area (Å²) in [4.78, 5) is 14.2. The van der Waals surface area contributed by atoms with Gasteiger partial charge < -0.3 is 14.2 Å². The molecule has 1 aromatic carbocycles. The highest BCUT2D eigenvalue weighted by molar-refractivity contribution is 5.71. The molecule has 0 aliphatic carbocycles. The van der Waals surface area contributed by atoms with Gasteiger partial charge in [-0.2, -0.15) is 5.26 Å². The van der Waals surface area contributed by atoms with Gasteiger partial charge in [0.2, 0.25) is 0 Å². The predicted octanol–water partition coefficient (Wildman–Crippen LogP) is 3.69. The summed E-state index contributed by atoms with van der Waals surface area (Å²) in [5.41, 5.74) is 0.729. The maximum Gasteiger partial charge on any atom is 0.411 e. The zero-order chi connectivity index (χ0) is 18.8. The summed E-state index contributed by atoms with van der Waals surface area (Å²) in [7, 11) is 3.11. The fourth-order valence-electron chi connectivity index (χ4n) is 2.90. The van der Waals surface area contributed by atoms with Gasteiger partial charge in [0.15, 0.2) is 0 Å². The Morgan fingerprint density at radius 2 is 2.00 bits per heavy atom. The van der Waals surface area contributed by atoms with Crippen LogP contribution in [-0.2, 0) is 4.74 Å². The molecule has 0 radical (unpaired) electrons. The van der Waals surface area contributed by atoms with Crippen LogP contribution in [0.1, 0.15) is 32.4 Å². The molecule has 2 atom stereocenters. The van der Waals surface area contributed by atoms with Gasteiger partial charge in [0.1, 0.15) is 17.1 Å². The van der Waals surface area contributed by atoms with Gasteiger partial charge in [0.05, 0.1) is 32.2 Å². The third kappa shape index (κ3) is 3.87. The number of carbonyl (C=O) groups excluding carboxylic acids is 1.